The third-order valence-corrected chi connectivity index (χ3v) is 3.06. The van der Waals surface area contributed by atoms with Crippen LogP contribution >= 0.6 is 0 Å². The quantitative estimate of drug-likeness (QED) is 0.714. The number of benzene rings is 1. The van der Waals surface area contributed by atoms with Gasteiger partial charge in [-0.2, -0.15) is 4.68 Å². The molecule has 100 valence electrons. The Labute approximate surface area is 115 Å². The van der Waals surface area contributed by atoms with Crippen molar-refractivity contribution in [1.82, 2.24) is 24.8 Å². The number of rotatable bonds is 3. The first-order chi connectivity index (χ1) is 9.75. The van der Waals surface area contributed by atoms with Crippen LogP contribution in [0.5, 0.6) is 0 Å². The standard InChI is InChI=1S/C14H13N5O/c1-11-6-5-9-18(14(11)20)10-13-15-16-17-19(13)12-7-3-2-4-8-12/h2-9H,10H2,1H3. The van der Waals surface area contributed by atoms with E-state index in [1.165, 1.54) is 0 Å². The van der Waals surface area contributed by atoms with Gasteiger partial charge in [-0.15, -0.1) is 5.10 Å². The Morgan fingerprint density at radius 2 is 1.90 bits per heavy atom. The Morgan fingerprint density at radius 1 is 1.10 bits per heavy atom. The molecule has 1 aromatic carbocycles. The van der Waals surface area contributed by atoms with Crippen molar-refractivity contribution in [3.8, 4) is 5.69 Å². The molecule has 3 aromatic rings. The van der Waals surface area contributed by atoms with Crippen LogP contribution < -0.4 is 5.56 Å². The first-order valence-corrected chi connectivity index (χ1v) is 6.24. The lowest BCUT2D eigenvalue weighted by molar-refractivity contribution is 0.677. The van der Waals surface area contributed by atoms with Crippen molar-refractivity contribution in [3.63, 3.8) is 0 Å². The van der Waals surface area contributed by atoms with Gasteiger partial charge in [0, 0.05) is 11.8 Å². The lowest BCUT2D eigenvalue weighted by Gasteiger charge is -2.07. The number of pyridine rings is 1. The molecule has 3 rings (SSSR count). The molecule has 0 N–H and O–H groups in total. The van der Waals surface area contributed by atoms with Gasteiger partial charge in [-0.1, -0.05) is 24.3 Å². The monoisotopic (exact) mass is 267 g/mol. The third-order valence-electron chi connectivity index (χ3n) is 3.06. The van der Waals surface area contributed by atoms with Crippen LogP contribution in [0.4, 0.5) is 0 Å². The van der Waals surface area contributed by atoms with Crippen LogP contribution in [0.25, 0.3) is 5.69 Å². The van der Waals surface area contributed by atoms with Gasteiger partial charge in [-0.3, -0.25) is 4.79 Å². The lowest BCUT2D eigenvalue weighted by Crippen LogP contribution is -2.23. The first-order valence-electron chi connectivity index (χ1n) is 6.24. The summed E-state index contributed by atoms with van der Waals surface area (Å²) in [4.78, 5) is 12.0. The highest BCUT2D eigenvalue weighted by molar-refractivity contribution is 5.30. The summed E-state index contributed by atoms with van der Waals surface area (Å²) < 4.78 is 3.23. The minimum Gasteiger partial charge on any atom is -0.308 e. The minimum atomic E-state index is -0.0323. The smallest absolute Gasteiger partial charge is 0.253 e. The van der Waals surface area contributed by atoms with E-state index in [4.69, 9.17) is 0 Å². The molecular formula is C14H13N5O. The molecule has 0 saturated carbocycles. The molecule has 0 aliphatic heterocycles. The van der Waals surface area contributed by atoms with Crippen LogP contribution in [0.3, 0.4) is 0 Å². The molecule has 0 aliphatic carbocycles. The fraction of sp³-hybridized carbons (Fsp3) is 0.143. The fourth-order valence-electron chi connectivity index (χ4n) is 2.01. The summed E-state index contributed by atoms with van der Waals surface area (Å²) in [6, 6.07) is 13.2. The predicted octanol–water partition coefficient (Wildman–Crippen LogP) is 1.18. The van der Waals surface area contributed by atoms with E-state index in [9.17, 15) is 4.79 Å². The largest absolute Gasteiger partial charge is 0.308 e. The third kappa shape index (κ3) is 2.23. The Hall–Kier alpha value is -2.76. The van der Waals surface area contributed by atoms with E-state index in [1.807, 2.05) is 36.4 Å². The Morgan fingerprint density at radius 3 is 2.70 bits per heavy atom. The number of tetrazole rings is 1. The highest BCUT2D eigenvalue weighted by Gasteiger charge is 2.09. The highest BCUT2D eigenvalue weighted by Crippen LogP contribution is 2.07. The maximum absolute atomic E-state index is 12.0. The maximum atomic E-state index is 12.0. The van der Waals surface area contributed by atoms with Gasteiger partial charge < -0.3 is 4.57 Å². The van der Waals surface area contributed by atoms with Gasteiger partial charge in [0.15, 0.2) is 5.82 Å². The number of aromatic nitrogens is 5. The van der Waals surface area contributed by atoms with E-state index in [0.717, 1.165) is 5.69 Å². The van der Waals surface area contributed by atoms with E-state index in [2.05, 4.69) is 15.5 Å². The van der Waals surface area contributed by atoms with Gasteiger partial charge >= 0.3 is 0 Å². The number of hydrogen-bond acceptors (Lipinski definition) is 4. The molecule has 0 amide bonds. The van der Waals surface area contributed by atoms with Gasteiger partial charge in [0.1, 0.15) is 0 Å². The van der Waals surface area contributed by atoms with Crippen molar-refractivity contribution in [3.05, 3.63) is 70.4 Å². The SMILES string of the molecule is Cc1cccn(Cc2nnnn2-c2ccccc2)c1=O. The second-order valence-corrected chi connectivity index (χ2v) is 4.47. The van der Waals surface area contributed by atoms with Gasteiger partial charge in [0.25, 0.3) is 5.56 Å². The minimum absolute atomic E-state index is 0.0323. The molecule has 0 saturated heterocycles. The molecule has 0 atom stereocenters. The average Bonchev–Trinajstić information content (AvgIpc) is 2.93. The molecule has 20 heavy (non-hydrogen) atoms. The van der Waals surface area contributed by atoms with E-state index < -0.39 is 0 Å². The van der Waals surface area contributed by atoms with E-state index in [0.29, 0.717) is 17.9 Å². The van der Waals surface area contributed by atoms with E-state index in [1.54, 1.807) is 28.4 Å². The van der Waals surface area contributed by atoms with E-state index in [-0.39, 0.29) is 5.56 Å². The molecule has 0 radical (unpaired) electrons. The molecule has 0 fully saturated rings. The van der Waals surface area contributed by atoms with Crippen molar-refractivity contribution in [2.45, 2.75) is 13.5 Å². The van der Waals surface area contributed by atoms with Gasteiger partial charge in [0.2, 0.25) is 0 Å². The van der Waals surface area contributed by atoms with Crippen molar-refractivity contribution in [2.24, 2.45) is 0 Å². The summed E-state index contributed by atoms with van der Waals surface area (Å²) in [5, 5.41) is 11.7. The van der Waals surface area contributed by atoms with E-state index >= 15 is 0 Å². The molecule has 0 aliphatic rings. The zero-order valence-electron chi connectivity index (χ0n) is 11.0. The second-order valence-electron chi connectivity index (χ2n) is 4.47. The van der Waals surface area contributed by atoms with Crippen LogP contribution in [0.1, 0.15) is 11.4 Å². The predicted molar refractivity (Wildman–Crippen MR) is 73.7 cm³/mol. The number of nitrogens with zero attached hydrogens (tertiary/aromatic N) is 5. The zero-order chi connectivity index (χ0) is 13.9. The van der Waals surface area contributed by atoms with Gasteiger partial charge in [-0.05, 0) is 35.5 Å². The molecule has 6 heteroatoms. The molecular weight excluding hydrogens is 254 g/mol. The van der Waals surface area contributed by atoms with Crippen molar-refractivity contribution >= 4 is 0 Å². The lowest BCUT2D eigenvalue weighted by atomic mass is 10.3. The molecule has 2 heterocycles. The average molecular weight is 267 g/mol. The molecule has 6 nitrogen and oxygen atoms in total. The summed E-state index contributed by atoms with van der Waals surface area (Å²) in [7, 11) is 0. The van der Waals surface area contributed by atoms with Gasteiger partial charge in [-0.25, -0.2) is 0 Å². The second kappa shape index (κ2) is 5.08. The van der Waals surface area contributed by atoms with Crippen molar-refractivity contribution < 1.29 is 0 Å². The van der Waals surface area contributed by atoms with Crippen LogP contribution in [0, 0.1) is 6.92 Å². The number of para-hydroxylation sites is 1. The summed E-state index contributed by atoms with van der Waals surface area (Å²) in [6.07, 6.45) is 1.74. The van der Waals surface area contributed by atoms with Crippen LogP contribution in [-0.2, 0) is 6.54 Å². The van der Waals surface area contributed by atoms with Crippen LogP contribution in [0.15, 0.2) is 53.5 Å². The van der Waals surface area contributed by atoms with Crippen molar-refractivity contribution in [1.29, 1.82) is 0 Å². The normalized spacial score (nSPS) is 10.7. The Balaban J connectivity index is 1.99. The summed E-state index contributed by atoms with van der Waals surface area (Å²) in [6.45, 7) is 2.13. The Kier molecular flexibility index (Phi) is 3.12. The fourth-order valence-corrected chi connectivity index (χ4v) is 2.01. The highest BCUT2D eigenvalue weighted by atomic mass is 16.1. The van der Waals surface area contributed by atoms with Crippen LogP contribution in [-0.4, -0.2) is 24.8 Å². The number of hydrogen-bond donors (Lipinski definition) is 0. The molecule has 0 spiro atoms. The molecule has 0 unspecified atom stereocenters. The summed E-state index contributed by atoms with van der Waals surface area (Å²) in [5.74, 6) is 0.615. The van der Waals surface area contributed by atoms with Gasteiger partial charge in [0.05, 0.1) is 12.2 Å². The first kappa shape index (κ1) is 12.3. The number of aryl methyl sites for hydroxylation is 1. The summed E-state index contributed by atoms with van der Waals surface area (Å²) >= 11 is 0. The molecule has 2 aromatic heterocycles. The topological polar surface area (TPSA) is 65.6 Å². The van der Waals surface area contributed by atoms with Crippen LogP contribution in [0.2, 0.25) is 0 Å². The van der Waals surface area contributed by atoms with Crippen molar-refractivity contribution in [2.75, 3.05) is 0 Å². The maximum Gasteiger partial charge on any atom is 0.253 e. The zero-order valence-corrected chi connectivity index (χ0v) is 11.0. The molecule has 0 bridgehead atoms. The summed E-state index contributed by atoms with van der Waals surface area (Å²) in [5.41, 5.74) is 1.54. The Bertz CT molecular complexity index is 776.